The third-order valence-corrected chi connectivity index (χ3v) is 3.65. The van der Waals surface area contributed by atoms with Crippen molar-refractivity contribution >= 4 is 16.9 Å². The van der Waals surface area contributed by atoms with Crippen molar-refractivity contribution in [1.82, 2.24) is 5.32 Å². The van der Waals surface area contributed by atoms with Gasteiger partial charge in [0, 0.05) is 17.9 Å². The highest BCUT2D eigenvalue weighted by Crippen LogP contribution is 2.26. The minimum Gasteiger partial charge on any atom is -0.378 e. The Kier molecular flexibility index (Phi) is 3.34. The molecule has 1 aliphatic carbocycles. The number of nitrogens with one attached hydrogen (secondary N) is 1. The van der Waals surface area contributed by atoms with E-state index in [4.69, 9.17) is 4.74 Å². The molecule has 1 N–H and O–H groups in total. The second kappa shape index (κ2) is 4.53. The Morgan fingerprint density at radius 2 is 2.36 bits per heavy atom. The van der Waals surface area contributed by atoms with Gasteiger partial charge < -0.3 is 10.1 Å². The second-order valence-electron chi connectivity index (χ2n) is 3.96. The molecular weight excluding hydrogens is 196 g/mol. The Labute approximate surface area is 89.7 Å². The maximum absolute atomic E-state index is 5.51. The zero-order valence-corrected chi connectivity index (χ0v) is 9.64. The van der Waals surface area contributed by atoms with Gasteiger partial charge in [0.1, 0.15) is 0 Å². The van der Waals surface area contributed by atoms with Gasteiger partial charge in [0.15, 0.2) is 5.17 Å². The molecule has 2 aliphatic rings. The van der Waals surface area contributed by atoms with Gasteiger partial charge in [-0.15, -0.1) is 0 Å². The van der Waals surface area contributed by atoms with Crippen molar-refractivity contribution in [2.24, 2.45) is 4.99 Å². The van der Waals surface area contributed by atoms with Crippen molar-refractivity contribution in [3.05, 3.63) is 0 Å². The van der Waals surface area contributed by atoms with Gasteiger partial charge in [-0.2, -0.15) is 0 Å². The van der Waals surface area contributed by atoms with Crippen molar-refractivity contribution < 1.29 is 4.74 Å². The molecule has 80 valence electrons. The summed E-state index contributed by atoms with van der Waals surface area (Å²) in [6, 6.07) is 0.600. The van der Waals surface area contributed by atoms with Crippen molar-refractivity contribution in [3.8, 4) is 0 Å². The molecule has 4 heteroatoms. The summed E-state index contributed by atoms with van der Waals surface area (Å²) in [5, 5.41) is 5.26. The number of amidine groups is 1. The van der Waals surface area contributed by atoms with E-state index in [-0.39, 0.29) is 0 Å². The Morgan fingerprint density at radius 1 is 1.57 bits per heavy atom. The van der Waals surface area contributed by atoms with Crippen LogP contribution < -0.4 is 5.32 Å². The number of hydrogen-bond donors (Lipinski definition) is 1. The predicted octanol–water partition coefficient (Wildman–Crippen LogP) is 1.63. The zero-order chi connectivity index (χ0) is 9.97. The monoisotopic (exact) mass is 214 g/mol. The van der Waals surface area contributed by atoms with E-state index in [0.717, 1.165) is 31.2 Å². The van der Waals surface area contributed by atoms with E-state index < -0.39 is 0 Å². The molecule has 0 aromatic rings. The van der Waals surface area contributed by atoms with Gasteiger partial charge >= 0.3 is 0 Å². The van der Waals surface area contributed by atoms with Crippen molar-refractivity contribution in [2.75, 3.05) is 13.2 Å². The third kappa shape index (κ3) is 2.42. The molecule has 1 heterocycles. The van der Waals surface area contributed by atoms with E-state index in [2.05, 4.69) is 24.2 Å². The smallest absolute Gasteiger partial charge is 0.157 e. The van der Waals surface area contributed by atoms with E-state index in [1.165, 1.54) is 0 Å². The predicted molar refractivity (Wildman–Crippen MR) is 60.9 cm³/mol. The topological polar surface area (TPSA) is 33.6 Å². The highest BCUT2D eigenvalue weighted by atomic mass is 32.2. The first kappa shape index (κ1) is 10.3. The number of aliphatic imine (C=N–C) groups is 1. The fraction of sp³-hybridized carbons (Fsp3) is 0.900. The first-order valence-electron chi connectivity index (χ1n) is 5.37. The van der Waals surface area contributed by atoms with Gasteiger partial charge in [0.25, 0.3) is 0 Å². The minimum absolute atomic E-state index is 0.488. The molecule has 0 spiro atoms. The van der Waals surface area contributed by atoms with Crippen LogP contribution in [0.3, 0.4) is 0 Å². The number of ether oxygens (including phenoxy) is 1. The van der Waals surface area contributed by atoms with Crippen molar-refractivity contribution in [3.63, 3.8) is 0 Å². The molecule has 0 amide bonds. The summed E-state index contributed by atoms with van der Waals surface area (Å²) >= 11 is 1.86. The van der Waals surface area contributed by atoms with E-state index in [9.17, 15) is 0 Å². The molecule has 1 atom stereocenters. The first-order chi connectivity index (χ1) is 6.78. The summed E-state index contributed by atoms with van der Waals surface area (Å²) in [5.41, 5.74) is 0. The maximum Gasteiger partial charge on any atom is 0.157 e. The fourth-order valence-corrected chi connectivity index (χ4v) is 2.70. The summed E-state index contributed by atoms with van der Waals surface area (Å²) in [5.74, 6) is 0. The molecule has 0 radical (unpaired) electrons. The Morgan fingerprint density at radius 3 is 2.93 bits per heavy atom. The maximum atomic E-state index is 5.51. The molecule has 0 aromatic carbocycles. The lowest BCUT2D eigenvalue weighted by molar-refractivity contribution is -0.00541. The van der Waals surface area contributed by atoms with Crippen LogP contribution >= 0.6 is 11.8 Å². The van der Waals surface area contributed by atoms with Gasteiger partial charge in [0.05, 0.1) is 12.6 Å². The zero-order valence-electron chi connectivity index (χ0n) is 8.82. The largest absolute Gasteiger partial charge is 0.378 e. The average molecular weight is 214 g/mol. The minimum atomic E-state index is 0.488. The highest BCUT2D eigenvalue weighted by molar-refractivity contribution is 8.14. The molecule has 1 fully saturated rings. The van der Waals surface area contributed by atoms with Gasteiger partial charge in [-0.25, -0.2) is 0 Å². The highest BCUT2D eigenvalue weighted by Gasteiger charge is 2.31. The number of hydrogen-bond acceptors (Lipinski definition) is 4. The Balaban J connectivity index is 1.64. The normalized spacial score (nSPS) is 36.4. The number of nitrogens with zero attached hydrogens (tertiary/aromatic N) is 1. The van der Waals surface area contributed by atoms with Crippen LogP contribution in [0.5, 0.6) is 0 Å². The van der Waals surface area contributed by atoms with E-state index in [0.29, 0.717) is 17.4 Å². The van der Waals surface area contributed by atoms with Gasteiger partial charge in [0.2, 0.25) is 0 Å². The molecule has 1 unspecified atom stereocenters. The molecule has 0 bridgehead atoms. The molecule has 14 heavy (non-hydrogen) atoms. The van der Waals surface area contributed by atoms with Crippen molar-refractivity contribution in [1.29, 1.82) is 0 Å². The number of rotatable bonds is 3. The van der Waals surface area contributed by atoms with Crippen LogP contribution in [0.1, 0.15) is 26.7 Å². The Bertz CT molecular complexity index is 226. The van der Waals surface area contributed by atoms with Gasteiger partial charge in [-0.05, 0) is 19.8 Å². The molecule has 3 nitrogen and oxygen atoms in total. The quantitative estimate of drug-likeness (QED) is 0.775. The third-order valence-electron chi connectivity index (χ3n) is 2.63. The van der Waals surface area contributed by atoms with Gasteiger partial charge in [-0.3, -0.25) is 4.99 Å². The molecule has 0 saturated heterocycles. The SMILES string of the molecule is CCOC1CC(NC2=NCC(C)S2)C1. The van der Waals surface area contributed by atoms with Crippen LogP contribution in [-0.4, -0.2) is 35.7 Å². The lowest BCUT2D eigenvalue weighted by atomic mass is 9.89. The first-order valence-corrected chi connectivity index (χ1v) is 6.25. The summed E-state index contributed by atoms with van der Waals surface area (Å²) in [6.07, 6.45) is 2.77. The molecule has 1 saturated carbocycles. The van der Waals surface area contributed by atoms with Crippen molar-refractivity contribution in [2.45, 2.75) is 44.1 Å². The van der Waals surface area contributed by atoms with E-state index in [1.54, 1.807) is 0 Å². The summed E-state index contributed by atoms with van der Waals surface area (Å²) in [4.78, 5) is 4.44. The van der Waals surface area contributed by atoms with Crippen LogP contribution in [0.15, 0.2) is 4.99 Å². The van der Waals surface area contributed by atoms with Crippen LogP contribution in [0.25, 0.3) is 0 Å². The standard InChI is InChI=1S/C10H18N2OS/c1-3-13-9-4-8(5-9)12-10-11-6-7(2)14-10/h7-9H,3-6H2,1-2H3,(H,11,12). The summed E-state index contributed by atoms with van der Waals surface area (Å²) in [6.45, 7) is 6.07. The average Bonchev–Trinajstić information content (AvgIpc) is 2.48. The van der Waals surface area contributed by atoms with Crippen LogP contribution in [-0.2, 0) is 4.74 Å². The van der Waals surface area contributed by atoms with Gasteiger partial charge in [-0.1, -0.05) is 18.7 Å². The van der Waals surface area contributed by atoms with E-state index >= 15 is 0 Å². The second-order valence-corrected chi connectivity index (χ2v) is 5.39. The lowest BCUT2D eigenvalue weighted by Gasteiger charge is -2.35. The lowest BCUT2D eigenvalue weighted by Crippen LogP contribution is -2.46. The van der Waals surface area contributed by atoms with Crippen LogP contribution in [0.2, 0.25) is 0 Å². The molecule has 2 rings (SSSR count). The summed E-state index contributed by atoms with van der Waals surface area (Å²) in [7, 11) is 0. The van der Waals surface area contributed by atoms with Crippen LogP contribution in [0, 0.1) is 0 Å². The van der Waals surface area contributed by atoms with E-state index in [1.807, 2.05) is 11.8 Å². The Hall–Kier alpha value is -0.220. The molecule has 0 aromatic heterocycles. The summed E-state index contributed by atoms with van der Waals surface area (Å²) < 4.78 is 5.51. The molecular formula is C10H18N2OS. The number of thioether (sulfide) groups is 1. The van der Waals surface area contributed by atoms with Crippen LogP contribution in [0.4, 0.5) is 0 Å². The fourth-order valence-electron chi connectivity index (χ4n) is 1.79. The molecule has 1 aliphatic heterocycles.